The number of piperazine rings is 1. The molecule has 0 spiro atoms. The summed E-state index contributed by atoms with van der Waals surface area (Å²) < 4.78 is 38.6. The molecular weight excluding hydrogens is 369 g/mol. The predicted molar refractivity (Wildman–Crippen MR) is 104 cm³/mol. The Kier molecular flexibility index (Phi) is 6.08. The van der Waals surface area contributed by atoms with Gasteiger partial charge in [0.05, 0.1) is 16.9 Å². The van der Waals surface area contributed by atoms with Crippen LogP contribution in [0.15, 0.2) is 48.5 Å². The number of hydrogen-bond donors (Lipinski definition) is 2. The van der Waals surface area contributed by atoms with E-state index in [2.05, 4.69) is 10.2 Å². The topological polar surface area (TPSA) is 61.6 Å². The van der Waals surface area contributed by atoms with Crippen LogP contribution in [0.5, 0.6) is 0 Å². The summed E-state index contributed by atoms with van der Waals surface area (Å²) in [4.78, 5) is 16.2. The molecule has 1 amide bonds. The monoisotopic (exact) mass is 392 g/mol. The Morgan fingerprint density at radius 3 is 2.43 bits per heavy atom. The first-order chi connectivity index (χ1) is 13.3. The highest BCUT2D eigenvalue weighted by molar-refractivity contribution is 5.93. The summed E-state index contributed by atoms with van der Waals surface area (Å²) in [5.74, 6) is -0.113. The first-order valence-corrected chi connectivity index (χ1v) is 9.12. The minimum Gasteiger partial charge on any atom is -0.397 e. The maximum absolute atomic E-state index is 12.9. The van der Waals surface area contributed by atoms with Crippen molar-refractivity contribution < 1.29 is 18.0 Å². The van der Waals surface area contributed by atoms with Gasteiger partial charge in [0.1, 0.15) is 0 Å². The van der Waals surface area contributed by atoms with E-state index in [0.29, 0.717) is 56.2 Å². The lowest BCUT2D eigenvalue weighted by Gasteiger charge is -2.36. The van der Waals surface area contributed by atoms with Crippen molar-refractivity contribution in [2.75, 3.05) is 48.7 Å². The molecule has 1 aliphatic rings. The molecule has 5 nitrogen and oxygen atoms in total. The molecule has 0 aliphatic carbocycles. The maximum Gasteiger partial charge on any atom is 0.416 e. The zero-order valence-corrected chi connectivity index (χ0v) is 15.4. The van der Waals surface area contributed by atoms with Gasteiger partial charge in [0, 0.05) is 44.8 Å². The number of para-hydroxylation sites is 2. The molecule has 0 unspecified atom stereocenters. The van der Waals surface area contributed by atoms with Crippen LogP contribution in [-0.2, 0) is 11.0 Å². The number of anilines is 3. The van der Waals surface area contributed by atoms with Gasteiger partial charge >= 0.3 is 6.18 Å². The van der Waals surface area contributed by atoms with E-state index in [1.807, 2.05) is 4.90 Å². The SMILES string of the molecule is Nc1ccccc1NC(=O)CCN1CCN(c2cccc(C(F)(F)F)c2)CC1. The van der Waals surface area contributed by atoms with E-state index >= 15 is 0 Å². The Balaban J connectivity index is 1.47. The summed E-state index contributed by atoms with van der Waals surface area (Å²) in [6, 6.07) is 12.5. The van der Waals surface area contributed by atoms with Crippen LogP contribution in [-0.4, -0.2) is 43.5 Å². The van der Waals surface area contributed by atoms with E-state index in [1.54, 1.807) is 30.3 Å². The van der Waals surface area contributed by atoms with Crippen molar-refractivity contribution in [3.63, 3.8) is 0 Å². The van der Waals surface area contributed by atoms with Gasteiger partial charge in [-0.3, -0.25) is 9.69 Å². The van der Waals surface area contributed by atoms with Gasteiger partial charge in [-0.1, -0.05) is 18.2 Å². The minimum absolute atomic E-state index is 0.113. The summed E-state index contributed by atoms with van der Waals surface area (Å²) in [5, 5.41) is 2.80. The number of rotatable bonds is 5. The van der Waals surface area contributed by atoms with Gasteiger partial charge in [-0.05, 0) is 30.3 Å². The highest BCUT2D eigenvalue weighted by atomic mass is 19.4. The van der Waals surface area contributed by atoms with Crippen molar-refractivity contribution in [2.24, 2.45) is 0 Å². The molecule has 8 heteroatoms. The zero-order valence-electron chi connectivity index (χ0n) is 15.4. The quantitative estimate of drug-likeness (QED) is 0.766. The van der Waals surface area contributed by atoms with Crippen LogP contribution in [0.2, 0.25) is 0 Å². The molecule has 3 N–H and O–H groups in total. The zero-order chi connectivity index (χ0) is 20.1. The Hall–Kier alpha value is -2.74. The van der Waals surface area contributed by atoms with Crippen molar-refractivity contribution in [1.29, 1.82) is 0 Å². The van der Waals surface area contributed by atoms with E-state index in [4.69, 9.17) is 5.73 Å². The predicted octanol–water partition coefficient (Wildman–Crippen LogP) is 3.44. The van der Waals surface area contributed by atoms with Crippen LogP contribution in [0.4, 0.5) is 30.2 Å². The number of nitrogens with zero attached hydrogens (tertiary/aromatic N) is 2. The van der Waals surface area contributed by atoms with Crippen molar-refractivity contribution in [3.05, 3.63) is 54.1 Å². The number of nitrogens with one attached hydrogen (secondary N) is 1. The lowest BCUT2D eigenvalue weighted by atomic mass is 10.1. The lowest BCUT2D eigenvalue weighted by molar-refractivity contribution is -0.137. The van der Waals surface area contributed by atoms with E-state index < -0.39 is 11.7 Å². The highest BCUT2D eigenvalue weighted by Gasteiger charge is 2.31. The summed E-state index contributed by atoms with van der Waals surface area (Å²) in [6.45, 7) is 3.21. The number of carbonyl (C=O) groups excluding carboxylic acids is 1. The molecule has 1 fully saturated rings. The molecule has 0 bridgehead atoms. The second-order valence-electron chi connectivity index (χ2n) is 6.76. The second-order valence-corrected chi connectivity index (χ2v) is 6.76. The molecule has 28 heavy (non-hydrogen) atoms. The van der Waals surface area contributed by atoms with Crippen LogP contribution >= 0.6 is 0 Å². The standard InChI is InChI=1S/C20H23F3N4O/c21-20(22,23)15-4-3-5-16(14-15)27-12-10-26(11-13-27)9-8-19(28)25-18-7-2-1-6-17(18)24/h1-7,14H,8-13,24H2,(H,25,28). The molecule has 150 valence electrons. The fourth-order valence-electron chi connectivity index (χ4n) is 3.19. The van der Waals surface area contributed by atoms with Gasteiger partial charge in [0.25, 0.3) is 0 Å². The van der Waals surface area contributed by atoms with Gasteiger partial charge < -0.3 is 16.0 Å². The van der Waals surface area contributed by atoms with Crippen LogP contribution in [0.3, 0.4) is 0 Å². The fraction of sp³-hybridized carbons (Fsp3) is 0.350. The number of hydrogen-bond acceptors (Lipinski definition) is 4. The van der Waals surface area contributed by atoms with Crippen molar-refractivity contribution in [1.82, 2.24) is 4.90 Å². The van der Waals surface area contributed by atoms with Gasteiger partial charge in [-0.25, -0.2) is 0 Å². The average Bonchev–Trinajstić information content (AvgIpc) is 2.68. The Morgan fingerprint density at radius 2 is 1.75 bits per heavy atom. The van der Waals surface area contributed by atoms with Crippen LogP contribution in [0, 0.1) is 0 Å². The fourth-order valence-corrected chi connectivity index (χ4v) is 3.19. The normalized spacial score (nSPS) is 15.5. The van der Waals surface area contributed by atoms with Gasteiger partial charge in [0.2, 0.25) is 5.91 Å². The Morgan fingerprint density at radius 1 is 1.04 bits per heavy atom. The smallest absolute Gasteiger partial charge is 0.397 e. The minimum atomic E-state index is -4.34. The largest absolute Gasteiger partial charge is 0.416 e. The van der Waals surface area contributed by atoms with E-state index in [1.165, 1.54) is 12.1 Å². The van der Waals surface area contributed by atoms with Crippen LogP contribution in [0.1, 0.15) is 12.0 Å². The van der Waals surface area contributed by atoms with Gasteiger partial charge in [-0.15, -0.1) is 0 Å². The molecular formula is C20H23F3N4O. The maximum atomic E-state index is 12.9. The second kappa shape index (κ2) is 8.52. The number of alkyl halides is 3. The number of carbonyl (C=O) groups is 1. The third-order valence-electron chi connectivity index (χ3n) is 4.80. The van der Waals surface area contributed by atoms with Crippen molar-refractivity contribution >= 4 is 23.0 Å². The van der Waals surface area contributed by atoms with Crippen molar-refractivity contribution in [3.8, 4) is 0 Å². The number of amides is 1. The Labute approximate surface area is 161 Å². The summed E-state index contributed by atoms with van der Waals surface area (Å²) in [7, 11) is 0. The third-order valence-corrected chi connectivity index (χ3v) is 4.80. The molecule has 0 aromatic heterocycles. The molecule has 3 rings (SSSR count). The number of nitrogens with two attached hydrogens (primary N) is 1. The highest BCUT2D eigenvalue weighted by Crippen LogP contribution is 2.31. The first-order valence-electron chi connectivity index (χ1n) is 9.12. The third kappa shape index (κ3) is 5.16. The molecule has 2 aromatic carbocycles. The number of halogens is 3. The molecule has 0 saturated carbocycles. The lowest BCUT2D eigenvalue weighted by Crippen LogP contribution is -2.47. The van der Waals surface area contributed by atoms with Crippen molar-refractivity contribution in [2.45, 2.75) is 12.6 Å². The van der Waals surface area contributed by atoms with E-state index in [-0.39, 0.29) is 5.91 Å². The molecule has 1 aliphatic heterocycles. The van der Waals surface area contributed by atoms with Gasteiger partial charge in [-0.2, -0.15) is 13.2 Å². The molecule has 0 radical (unpaired) electrons. The van der Waals surface area contributed by atoms with E-state index in [0.717, 1.165) is 6.07 Å². The summed E-state index contributed by atoms with van der Waals surface area (Å²) in [5.41, 5.74) is 6.87. The number of nitrogen functional groups attached to an aromatic ring is 1. The molecule has 1 saturated heterocycles. The number of benzene rings is 2. The van der Waals surface area contributed by atoms with Crippen LogP contribution < -0.4 is 16.0 Å². The summed E-state index contributed by atoms with van der Waals surface area (Å²) >= 11 is 0. The first kappa shape index (κ1) is 20.0. The average molecular weight is 392 g/mol. The molecule has 0 atom stereocenters. The van der Waals surface area contributed by atoms with Gasteiger partial charge in [0.15, 0.2) is 0 Å². The molecule has 1 heterocycles. The molecule has 2 aromatic rings. The Bertz CT molecular complexity index is 817. The van der Waals surface area contributed by atoms with E-state index in [9.17, 15) is 18.0 Å². The summed E-state index contributed by atoms with van der Waals surface area (Å²) in [6.07, 6.45) is -4.01. The van der Waals surface area contributed by atoms with Crippen LogP contribution in [0.25, 0.3) is 0 Å².